The normalized spacial score (nSPS) is 11.9. The highest BCUT2D eigenvalue weighted by molar-refractivity contribution is 7.18. The third-order valence-corrected chi connectivity index (χ3v) is 3.77. The number of nitrogens with zero attached hydrogens (tertiary/aromatic N) is 1. The first-order valence-electron chi connectivity index (χ1n) is 6.23. The number of ether oxygens (including phenoxy) is 1. The van der Waals surface area contributed by atoms with E-state index >= 15 is 0 Å². The molecule has 0 aliphatic heterocycles. The van der Waals surface area contributed by atoms with Crippen molar-refractivity contribution in [3.8, 4) is 0 Å². The van der Waals surface area contributed by atoms with Crippen LogP contribution in [0.4, 0.5) is 0 Å². The number of thiazole rings is 1. The first kappa shape index (κ1) is 12.8. The Morgan fingerprint density at radius 1 is 1.22 bits per heavy atom. The largest absolute Gasteiger partial charge is 0.501 e. The van der Waals surface area contributed by atoms with E-state index in [1.807, 2.05) is 30.4 Å². The molecule has 0 bridgehead atoms. The molecule has 3 heteroatoms. The van der Waals surface area contributed by atoms with Crippen LogP contribution in [0.5, 0.6) is 0 Å². The van der Waals surface area contributed by atoms with Crippen LogP contribution in [0.25, 0.3) is 16.3 Å². The van der Waals surface area contributed by atoms with E-state index in [-0.39, 0.29) is 0 Å². The highest BCUT2D eigenvalue weighted by Gasteiger charge is 2.15. The predicted molar refractivity (Wildman–Crippen MR) is 77.5 cm³/mol. The zero-order chi connectivity index (χ0) is 12.8. The van der Waals surface area contributed by atoms with Gasteiger partial charge in [0.25, 0.3) is 5.01 Å². The molecule has 1 aromatic heterocycles. The summed E-state index contributed by atoms with van der Waals surface area (Å²) in [6.45, 7) is 5.85. The topological polar surface area (TPSA) is 13.1 Å². The maximum absolute atomic E-state index is 5.15. The number of fused-ring (bicyclic) bond motifs is 1. The van der Waals surface area contributed by atoms with Gasteiger partial charge in [0.05, 0.1) is 12.9 Å². The van der Waals surface area contributed by atoms with Gasteiger partial charge in [0.1, 0.15) is 11.2 Å². The van der Waals surface area contributed by atoms with Crippen LogP contribution in [0.2, 0.25) is 0 Å². The summed E-state index contributed by atoms with van der Waals surface area (Å²) in [5.74, 6) is 0. The average molecular weight is 260 g/mol. The van der Waals surface area contributed by atoms with Crippen LogP contribution in [0.3, 0.4) is 0 Å². The van der Waals surface area contributed by atoms with E-state index in [0.29, 0.717) is 6.61 Å². The molecule has 94 valence electrons. The molecule has 0 radical (unpaired) electrons. The Morgan fingerprint density at radius 2 is 2.06 bits per heavy atom. The molecule has 0 aliphatic rings. The molecule has 2 rings (SSSR count). The minimum absolute atomic E-state index is 0.711. The highest BCUT2D eigenvalue weighted by Crippen LogP contribution is 2.20. The molecular formula is C15H18NOS+. The van der Waals surface area contributed by atoms with E-state index in [0.717, 1.165) is 6.54 Å². The molecule has 0 unspecified atom stereocenters. The molecule has 0 saturated carbocycles. The summed E-state index contributed by atoms with van der Waals surface area (Å²) in [6.07, 6.45) is 7.80. The van der Waals surface area contributed by atoms with Crippen molar-refractivity contribution < 1.29 is 9.30 Å². The third-order valence-electron chi connectivity index (χ3n) is 2.64. The molecule has 2 nitrogen and oxygen atoms in total. The second kappa shape index (κ2) is 6.36. The Labute approximate surface area is 112 Å². The van der Waals surface area contributed by atoms with E-state index in [2.05, 4.69) is 41.8 Å². The van der Waals surface area contributed by atoms with Gasteiger partial charge in [-0.1, -0.05) is 29.5 Å². The summed E-state index contributed by atoms with van der Waals surface area (Å²) >= 11 is 1.81. The monoisotopic (exact) mass is 260 g/mol. The Bertz CT molecular complexity index is 569. The number of rotatable bonds is 5. The van der Waals surface area contributed by atoms with Crippen molar-refractivity contribution in [1.29, 1.82) is 0 Å². The zero-order valence-electron chi connectivity index (χ0n) is 10.8. The number of aryl methyl sites for hydroxylation is 1. The summed E-state index contributed by atoms with van der Waals surface area (Å²) in [6, 6.07) is 8.51. The van der Waals surface area contributed by atoms with Crippen LogP contribution in [-0.2, 0) is 11.3 Å². The molecule has 0 amide bonds. The van der Waals surface area contributed by atoms with E-state index in [1.165, 1.54) is 15.2 Å². The van der Waals surface area contributed by atoms with Crippen LogP contribution < -0.4 is 4.57 Å². The molecule has 1 aromatic carbocycles. The summed E-state index contributed by atoms with van der Waals surface area (Å²) < 4.78 is 8.80. The van der Waals surface area contributed by atoms with Crippen molar-refractivity contribution in [2.75, 3.05) is 6.61 Å². The zero-order valence-corrected chi connectivity index (χ0v) is 11.6. The van der Waals surface area contributed by atoms with Crippen LogP contribution >= 0.6 is 11.3 Å². The molecular weight excluding hydrogens is 242 g/mol. The first-order valence-corrected chi connectivity index (χ1v) is 7.04. The fraction of sp³-hybridized carbons (Fsp3) is 0.267. The minimum atomic E-state index is 0.711. The van der Waals surface area contributed by atoms with Gasteiger partial charge in [-0.25, -0.2) is 0 Å². The summed E-state index contributed by atoms with van der Waals surface area (Å²) in [7, 11) is 0. The molecule has 0 atom stereocenters. The number of benzene rings is 1. The number of allylic oxidation sites excluding steroid dienone is 2. The fourth-order valence-corrected chi connectivity index (χ4v) is 2.98. The number of hydrogen-bond acceptors (Lipinski definition) is 2. The maximum atomic E-state index is 5.15. The van der Waals surface area contributed by atoms with Gasteiger partial charge in [-0.3, -0.25) is 0 Å². The number of hydrogen-bond donors (Lipinski definition) is 0. The van der Waals surface area contributed by atoms with Gasteiger partial charge in [0.15, 0.2) is 0 Å². The lowest BCUT2D eigenvalue weighted by molar-refractivity contribution is -0.665. The van der Waals surface area contributed by atoms with Crippen LogP contribution in [0, 0.1) is 0 Å². The van der Waals surface area contributed by atoms with Crippen molar-refractivity contribution in [2.24, 2.45) is 0 Å². The van der Waals surface area contributed by atoms with Crippen LogP contribution in [-0.4, -0.2) is 6.61 Å². The predicted octanol–water partition coefficient (Wildman–Crippen LogP) is 3.77. The Morgan fingerprint density at radius 3 is 2.83 bits per heavy atom. The number of para-hydroxylation sites is 1. The van der Waals surface area contributed by atoms with Crippen molar-refractivity contribution in [3.05, 3.63) is 47.7 Å². The van der Waals surface area contributed by atoms with Gasteiger partial charge in [-0.05, 0) is 26.0 Å². The minimum Gasteiger partial charge on any atom is -0.501 e. The van der Waals surface area contributed by atoms with Crippen molar-refractivity contribution >= 4 is 27.6 Å². The maximum Gasteiger partial charge on any atom is 0.262 e. The smallest absolute Gasteiger partial charge is 0.262 e. The van der Waals surface area contributed by atoms with Gasteiger partial charge in [-0.15, -0.1) is 0 Å². The van der Waals surface area contributed by atoms with Gasteiger partial charge >= 0.3 is 0 Å². The standard InChI is InChI=1S/C15H18NOS/c1-3-16-13-9-5-6-10-14(13)18-15(16)11-7-8-12-17-4-2/h5-12H,3-4H2,1-2H3/q+1/b11-7+,12-8+. The van der Waals surface area contributed by atoms with Crippen LogP contribution in [0.15, 0.2) is 42.7 Å². The Hall–Kier alpha value is -1.61. The second-order valence-electron chi connectivity index (χ2n) is 3.80. The molecule has 0 spiro atoms. The van der Waals surface area contributed by atoms with Gasteiger partial charge in [0, 0.05) is 12.1 Å². The third kappa shape index (κ3) is 2.79. The SMILES string of the molecule is CCO/C=C/C=C/c1sc2ccccc2[n+]1CC. The molecule has 0 aliphatic carbocycles. The second-order valence-corrected chi connectivity index (χ2v) is 4.86. The molecule has 2 aromatic rings. The van der Waals surface area contributed by atoms with E-state index < -0.39 is 0 Å². The van der Waals surface area contributed by atoms with Crippen LogP contribution in [0.1, 0.15) is 18.9 Å². The molecule has 0 N–H and O–H groups in total. The quantitative estimate of drug-likeness (QED) is 0.453. The summed E-state index contributed by atoms with van der Waals surface area (Å²) in [5, 5.41) is 1.26. The lowest BCUT2D eigenvalue weighted by Gasteiger charge is -1.90. The van der Waals surface area contributed by atoms with E-state index in [9.17, 15) is 0 Å². The summed E-state index contributed by atoms with van der Waals surface area (Å²) in [4.78, 5) is 0. The number of aromatic nitrogens is 1. The fourth-order valence-electron chi connectivity index (χ4n) is 1.84. The van der Waals surface area contributed by atoms with Crippen molar-refractivity contribution in [2.45, 2.75) is 20.4 Å². The van der Waals surface area contributed by atoms with Gasteiger partial charge in [0.2, 0.25) is 5.52 Å². The van der Waals surface area contributed by atoms with Gasteiger partial charge in [-0.2, -0.15) is 4.57 Å². The molecule has 0 saturated heterocycles. The van der Waals surface area contributed by atoms with Crippen molar-refractivity contribution in [3.63, 3.8) is 0 Å². The van der Waals surface area contributed by atoms with Gasteiger partial charge < -0.3 is 4.74 Å². The first-order chi connectivity index (χ1) is 8.86. The van der Waals surface area contributed by atoms with Crippen molar-refractivity contribution in [1.82, 2.24) is 0 Å². The lowest BCUT2D eigenvalue weighted by Crippen LogP contribution is -2.33. The summed E-state index contributed by atoms with van der Waals surface area (Å²) in [5.41, 5.74) is 1.30. The molecule has 1 heterocycles. The molecule has 18 heavy (non-hydrogen) atoms. The average Bonchev–Trinajstić information content (AvgIpc) is 2.76. The Balaban J connectivity index is 2.27. The van der Waals surface area contributed by atoms with E-state index in [4.69, 9.17) is 4.74 Å². The van der Waals surface area contributed by atoms with E-state index in [1.54, 1.807) is 6.26 Å². The molecule has 0 fully saturated rings. The lowest BCUT2D eigenvalue weighted by atomic mass is 10.3. The Kier molecular flexibility index (Phi) is 4.53. The highest BCUT2D eigenvalue weighted by atomic mass is 32.1.